The van der Waals surface area contributed by atoms with Gasteiger partial charge in [-0.15, -0.1) is 0 Å². The van der Waals surface area contributed by atoms with Gasteiger partial charge in [-0.05, 0) is 25.5 Å². The number of halogens is 1. The van der Waals surface area contributed by atoms with Gasteiger partial charge in [0.1, 0.15) is 0 Å². The van der Waals surface area contributed by atoms with Crippen molar-refractivity contribution in [1.82, 2.24) is 5.10 Å². The van der Waals surface area contributed by atoms with E-state index in [1.165, 1.54) is 6.07 Å². The molecule has 3 aromatic rings. The van der Waals surface area contributed by atoms with E-state index in [4.69, 9.17) is 11.6 Å². The van der Waals surface area contributed by atoms with Crippen LogP contribution in [-0.2, 0) is 0 Å². The molecule has 1 N–H and O–H groups in total. The number of benzene rings is 2. The van der Waals surface area contributed by atoms with Crippen molar-refractivity contribution in [3.63, 3.8) is 0 Å². The Morgan fingerprint density at radius 1 is 1.12 bits per heavy atom. The summed E-state index contributed by atoms with van der Waals surface area (Å²) < 4.78 is 1.96. The molecule has 0 radical (unpaired) electrons. The smallest absolute Gasteiger partial charge is 0.258 e. The second-order valence-corrected chi connectivity index (χ2v) is 6.13. The van der Waals surface area contributed by atoms with Gasteiger partial charge in [-0.25, -0.2) is 0 Å². The summed E-state index contributed by atoms with van der Waals surface area (Å²) >= 11 is 6.23. The SMILES string of the molecule is Cc1[nH][n+](-c2cccc(Cl)c2C)c(C)c1-c1cccc([N+](=O)[O-])c1. The number of rotatable bonds is 3. The first-order valence-corrected chi connectivity index (χ1v) is 7.89. The highest BCUT2D eigenvalue weighted by atomic mass is 35.5. The second-order valence-electron chi connectivity index (χ2n) is 5.72. The van der Waals surface area contributed by atoms with Gasteiger partial charge in [-0.2, -0.15) is 5.10 Å². The highest BCUT2D eigenvalue weighted by Gasteiger charge is 2.25. The van der Waals surface area contributed by atoms with Crippen molar-refractivity contribution in [2.45, 2.75) is 20.8 Å². The van der Waals surface area contributed by atoms with Gasteiger partial charge in [0.05, 0.1) is 21.2 Å². The lowest BCUT2D eigenvalue weighted by Gasteiger charge is -2.01. The number of nitrogens with zero attached hydrogens (tertiary/aromatic N) is 2. The molecule has 24 heavy (non-hydrogen) atoms. The van der Waals surface area contributed by atoms with Crippen LogP contribution in [-0.4, -0.2) is 10.0 Å². The molecule has 0 aliphatic heterocycles. The number of nitrogens with one attached hydrogen (secondary N) is 1. The van der Waals surface area contributed by atoms with Gasteiger partial charge < -0.3 is 0 Å². The van der Waals surface area contributed by atoms with E-state index < -0.39 is 0 Å². The third-order valence-corrected chi connectivity index (χ3v) is 4.59. The zero-order valence-electron chi connectivity index (χ0n) is 13.6. The van der Waals surface area contributed by atoms with Crippen LogP contribution >= 0.6 is 11.6 Å². The van der Waals surface area contributed by atoms with Crippen LogP contribution in [0.2, 0.25) is 5.02 Å². The van der Waals surface area contributed by atoms with Gasteiger partial charge in [0.2, 0.25) is 11.4 Å². The molecule has 1 aromatic heterocycles. The van der Waals surface area contributed by atoms with Gasteiger partial charge >= 0.3 is 0 Å². The molecule has 0 aliphatic rings. The normalized spacial score (nSPS) is 10.8. The van der Waals surface area contributed by atoms with E-state index in [2.05, 4.69) is 5.10 Å². The van der Waals surface area contributed by atoms with Crippen molar-refractivity contribution in [2.24, 2.45) is 0 Å². The monoisotopic (exact) mass is 342 g/mol. The Morgan fingerprint density at radius 2 is 1.83 bits per heavy atom. The van der Waals surface area contributed by atoms with Gasteiger partial charge in [0.15, 0.2) is 0 Å². The zero-order chi connectivity index (χ0) is 17.4. The first kappa shape index (κ1) is 16.2. The van der Waals surface area contributed by atoms with E-state index in [0.29, 0.717) is 5.02 Å². The maximum Gasteiger partial charge on any atom is 0.270 e. The Hall–Kier alpha value is -2.66. The number of nitro groups is 1. The Kier molecular flexibility index (Phi) is 4.11. The molecule has 0 amide bonds. The summed E-state index contributed by atoms with van der Waals surface area (Å²) in [5.74, 6) is 0. The molecule has 0 unspecified atom stereocenters. The predicted octanol–water partition coefficient (Wildman–Crippen LogP) is 4.45. The van der Waals surface area contributed by atoms with Crippen molar-refractivity contribution in [1.29, 1.82) is 0 Å². The Bertz CT molecular complexity index is 947. The number of H-pyrrole nitrogens is 1. The summed E-state index contributed by atoms with van der Waals surface area (Å²) in [5.41, 5.74) is 5.69. The molecule has 0 aliphatic carbocycles. The quantitative estimate of drug-likeness (QED) is 0.434. The highest BCUT2D eigenvalue weighted by Crippen LogP contribution is 2.29. The number of aryl methyl sites for hydroxylation is 1. The van der Waals surface area contributed by atoms with Crippen molar-refractivity contribution >= 4 is 17.3 Å². The fourth-order valence-electron chi connectivity index (χ4n) is 2.97. The summed E-state index contributed by atoms with van der Waals surface area (Å²) in [6.07, 6.45) is 0. The summed E-state index contributed by atoms with van der Waals surface area (Å²) in [4.78, 5) is 10.7. The Morgan fingerprint density at radius 3 is 2.54 bits per heavy atom. The van der Waals surface area contributed by atoms with Crippen LogP contribution in [0.15, 0.2) is 42.5 Å². The third-order valence-electron chi connectivity index (χ3n) is 4.18. The average Bonchev–Trinajstić information content (AvgIpc) is 2.85. The molecule has 0 fully saturated rings. The standard InChI is InChI=1S/C18H16ClN3O2/c1-11-16(19)8-5-9-17(11)21-13(3)18(12(2)20-21)14-6-4-7-15(10-14)22(23)24/h4-10H,1-3H3/p+1. The molecule has 1 heterocycles. The molecule has 122 valence electrons. The second kappa shape index (κ2) is 6.09. The molecule has 0 saturated carbocycles. The van der Waals surface area contributed by atoms with Crippen LogP contribution in [0.1, 0.15) is 17.0 Å². The Labute approximate surface area is 144 Å². The van der Waals surface area contributed by atoms with Crippen LogP contribution in [0.25, 0.3) is 16.8 Å². The molecule has 5 nitrogen and oxygen atoms in total. The minimum absolute atomic E-state index is 0.0815. The van der Waals surface area contributed by atoms with Crippen molar-refractivity contribution < 1.29 is 9.61 Å². The Balaban J connectivity index is 2.19. The number of aromatic amines is 1. The highest BCUT2D eigenvalue weighted by molar-refractivity contribution is 6.31. The minimum Gasteiger partial charge on any atom is -0.258 e. The largest absolute Gasteiger partial charge is 0.270 e. The van der Waals surface area contributed by atoms with E-state index >= 15 is 0 Å². The summed E-state index contributed by atoms with van der Waals surface area (Å²) in [5, 5.41) is 15.1. The maximum absolute atomic E-state index is 11.0. The van der Waals surface area contributed by atoms with Crippen LogP contribution in [0, 0.1) is 30.9 Å². The zero-order valence-corrected chi connectivity index (χ0v) is 14.4. The molecule has 0 saturated heterocycles. The van der Waals surface area contributed by atoms with Crippen molar-refractivity contribution in [3.8, 4) is 16.8 Å². The average molecular weight is 343 g/mol. The van der Waals surface area contributed by atoms with E-state index in [9.17, 15) is 10.1 Å². The first-order chi connectivity index (χ1) is 11.4. The molecule has 6 heteroatoms. The van der Waals surface area contributed by atoms with Crippen LogP contribution in [0.4, 0.5) is 5.69 Å². The fourth-order valence-corrected chi connectivity index (χ4v) is 3.14. The van der Waals surface area contributed by atoms with Crippen molar-refractivity contribution in [2.75, 3.05) is 0 Å². The van der Waals surface area contributed by atoms with Crippen LogP contribution < -0.4 is 4.68 Å². The lowest BCUT2D eigenvalue weighted by Crippen LogP contribution is -2.36. The van der Waals surface area contributed by atoms with E-state index in [1.54, 1.807) is 12.1 Å². The van der Waals surface area contributed by atoms with Crippen molar-refractivity contribution in [3.05, 3.63) is 74.6 Å². The van der Waals surface area contributed by atoms with E-state index in [0.717, 1.165) is 33.8 Å². The van der Waals surface area contributed by atoms with Crippen LogP contribution in [0.3, 0.4) is 0 Å². The number of nitro benzene ring substituents is 1. The van der Waals surface area contributed by atoms with Gasteiger partial charge in [-0.3, -0.25) is 10.1 Å². The summed E-state index contributed by atoms with van der Waals surface area (Å²) in [6, 6.07) is 12.4. The molecule has 0 atom stereocenters. The van der Waals surface area contributed by atoms with Crippen LogP contribution in [0.5, 0.6) is 0 Å². The van der Waals surface area contributed by atoms with Gasteiger partial charge in [0.25, 0.3) is 5.69 Å². The molecule has 2 aromatic carbocycles. The number of non-ortho nitro benzene ring substituents is 1. The lowest BCUT2D eigenvalue weighted by atomic mass is 10.0. The van der Waals surface area contributed by atoms with E-state index in [-0.39, 0.29) is 10.6 Å². The topological polar surface area (TPSA) is 62.8 Å². The van der Waals surface area contributed by atoms with Gasteiger partial charge in [0, 0.05) is 30.7 Å². The molecular formula is C18H17ClN3O2+. The van der Waals surface area contributed by atoms with E-state index in [1.807, 2.05) is 49.7 Å². The summed E-state index contributed by atoms with van der Waals surface area (Å²) in [7, 11) is 0. The predicted molar refractivity (Wildman–Crippen MR) is 93.6 cm³/mol. The maximum atomic E-state index is 11.0. The lowest BCUT2D eigenvalue weighted by molar-refractivity contribution is -0.661. The third kappa shape index (κ3) is 2.67. The number of aromatic nitrogens is 2. The summed E-state index contributed by atoms with van der Waals surface area (Å²) in [6.45, 7) is 5.91. The molecule has 3 rings (SSSR count). The molecular weight excluding hydrogens is 326 g/mol. The number of hydrogen-bond acceptors (Lipinski definition) is 2. The molecule has 0 spiro atoms. The van der Waals surface area contributed by atoms with Gasteiger partial charge in [-0.1, -0.05) is 34.5 Å². The number of hydrogen-bond donors (Lipinski definition) is 1. The fraction of sp³-hybridized carbons (Fsp3) is 0.167. The minimum atomic E-state index is -0.379. The first-order valence-electron chi connectivity index (χ1n) is 7.51. The molecule has 0 bridgehead atoms.